The highest BCUT2D eigenvalue weighted by molar-refractivity contribution is 6.19. The minimum Gasteiger partial charge on any atom is -0.309 e. The fraction of sp³-hybridized carbons (Fsp3) is 0. The van der Waals surface area contributed by atoms with Gasteiger partial charge in [-0.25, -0.2) is 0 Å². The Morgan fingerprint density at radius 3 is 1.03 bits per heavy atom. The quantitative estimate of drug-likeness (QED) is 0.160. The molecule has 0 bridgehead atoms. The van der Waals surface area contributed by atoms with Crippen molar-refractivity contribution < 1.29 is 0 Å². The number of fused-ring (bicyclic) bond motifs is 12. The topological polar surface area (TPSA) is 58.4 Å². The Balaban J connectivity index is 0.897. The molecule has 0 atom stereocenters. The molecule has 5 aromatic heterocycles. The van der Waals surface area contributed by atoms with E-state index in [1.165, 1.54) is 54.7 Å². The number of rotatable bonds is 7. The van der Waals surface area contributed by atoms with Crippen LogP contribution >= 0.6 is 0 Å². The Bertz CT molecular complexity index is 4690. The summed E-state index contributed by atoms with van der Waals surface area (Å²) in [6.07, 6.45) is 0. The highest BCUT2D eigenvalue weighted by Crippen LogP contribution is 2.43. The lowest BCUT2D eigenvalue weighted by Gasteiger charge is -2.13. The van der Waals surface area contributed by atoms with Crippen molar-refractivity contribution >= 4 is 87.2 Å². The smallest absolute Gasteiger partial charge is 0.240 e. The molecule has 0 aliphatic carbocycles. The number of para-hydroxylation sites is 6. The van der Waals surface area contributed by atoms with Gasteiger partial charge in [0, 0.05) is 60.0 Å². The highest BCUT2D eigenvalue weighted by atomic mass is 15.3. The fourth-order valence-corrected chi connectivity index (χ4v) is 12.2. The van der Waals surface area contributed by atoms with E-state index in [9.17, 15) is 0 Å². The first-order chi connectivity index (χ1) is 37.7. The van der Waals surface area contributed by atoms with Crippen molar-refractivity contribution in [1.29, 1.82) is 0 Å². The van der Waals surface area contributed by atoms with Crippen molar-refractivity contribution in [1.82, 2.24) is 33.2 Å². The van der Waals surface area contributed by atoms with Crippen molar-refractivity contribution in [2.24, 2.45) is 0 Å². The van der Waals surface area contributed by atoms with Gasteiger partial charge in [0.15, 0.2) is 5.82 Å². The van der Waals surface area contributed by atoms with Crippen LogP contribution in [0.2, 0.25) is 0 Å². The molecule has 0 aliphatic rings. The van der Waals surface area contributed by atoms with E-state index in [1.54, 1.807) is 0 Å². The molecule has 0 fully saturated rings. The Morgan fingerprint density at radius 2 is 0.579 bits per heavy atom. The molecule has 0 unspecified atom stereocenters. The Kier molecular flexibility index (Phi) is 9.20. The number of hydrogen-bond donors (Lipinski definition) is 0. The van der Waals surface area contributed by atoms with Crippen molar-refractivity contribution in [2.45, 2.75) is 0 Å². The SMILES string of the molecule is c1ccc(-c2nc(-n3c4ccccc4c4cc(-c5cccc6c5c5ccccc5n6-c5ccccc5)ccc43)nc(-n3c4ccccc4c4cc(-c5cccc6c5c5ccccc5n6-c5ccccc5)ccc43)n2)cc1. The van der Waals surface area contributed by atoms with E-state index >= 15 is 0 Å². The number of benzene rings is 11. The third-order valence-electron chi connectivity index (χ3n) is 15.4. The Hall–Kier alpha value is -10.4. The average molecular weight is 970 g/mol. The normalized spacial score (nSPS) is 11.9. The average Bonchev–Trinajstić information content (AvgIpc) is 4.24. The summed E-state index contributed by atoms with van der Waals surface area (Å²) in [7, 11) is 0. The minimum atomic E-state index is 0.542. The maximum Gasteiger partial charge on any atom is 0.240 e. The van der Waals surface area contributed by atoms with Crippen LogP contribution in [-0.2, 0) is 0 Å². The third-order valence-corrected chi connectivity index (χ3v) is 15.4. The van der Waals surface area contributed by atoms with E-state index in [0.717, 1.165) is 71.7 Å². The van der Waals surface area contributed by atoms with E-state index in [1.807, 2.05) is 18.2 Å². The van der Waals surface area contributed by atoms with Crippen LogP contribution in [-0.4, -0.2) is 33.2 Å². The molecule has 0 N–H and O–H groups in total. The van der Waals surface area contributed by atoms with Gasteiger partial charge >= 0.3 is 0 Å². The molecule has 0 spiro atoms. The number of hydrogen-bond acceptors (Lipinski definition) is 3. The molecular formula is C69H43N7. The molecule has 11 aromatic carbocycles. The molecule has 0 saturated carbocycles. The van der Waals surface area contributed by atoms with E-state index in [0.29, 0.717) is 17.7 Å². The van der Waals surface area contributed by atoms with Crippen LogP contribution in [0.15, 0.2) is 261 Å². The van der Waals surface area contributed by atoms with E-state index in [4.69, 9.17) is 15.0 Å². The zero-order valence-corrected chi connectivity index (χ0v) is 41.0. The first kappa shape index (κ1) is 42.2. The van der Waals surface area contributed by atoms with Crippen LogP contribution in [0, 0.1) is 0 Å². The predicted octanol–water partition coefficient (Wildman–Crippen LogP) is 17.3. The van der Waals surface area contributed by atoms with Crippen LogP contribution in [0.5, 0.6) is 0 Å². The first-order valence-corrected chi connectivity index (χ1v) is 25.8. The highest BCUT2D eigenvalue weighted by Gasteiger charge is 2.24. The molecule has 354 valence electrons. The first-order valence-electron chi connectivity index (χ1n) is 25.8. The summed E-state index contributed by atoms with van der Waals surface area (Å²) in [6.45, 7) is 0. The molecule has 7 nitrogen and oxygen atoms in total. The van der Waals surface area contributed by atoms with Crippen LogP contribution in [0.3, 0.4) is 0 Å². The molecule has 0 amide bonds. The summed E-state index contributed by atoms with van der Waals surface area (Å²) in [6, 6.07) is 93.3. The van der Waals surface area contributed by atoms with E-state index < -0.39 is 0 Å². The molecule has 0 radical (unpaired) electrons. The standard InChI is InChI=1S/C69H43N7/c1-4-20-44(21-5-1)67-70-68(75-57-32-14-10-26-51(57)55-42-45(38-40-61(55)75)49-30-18-36-63-65(49)53-28-12-16-34-59(53)73(63)47-22-6-2-7-23-47)72-69(71-67)76-58-33-15-11-27-52(58)56-43-46(39-41-62(56)76)50-31-19-37-64-66(50)54-29-13-17-35-60(54)74(64)48-24-8-3-9-25-48/h1-43H. The minimum absolute atomic E-state index is 0.542. The third kappa shape index (κ3) is 6.26. The fourth-order valence-electron chi connectivity index (χ4n) is 12.2. The van der Waals surface area contributed by atoms with Gasteiger partial charge in [-0.1, -0.05) is 176 Å². The van der Waals surface area contributed by atoms with Gasteiger partial charge in [-0.15, -0.1) is 0 Å². The van der Waals surface area contributed by atoms with Crippen LogP contribution < -0.4 is 0 Å². The lowest BCUT2D eigenvalue weighted by atomic mass is 9.98. The van der Waals surface area contributed by atoms with Gasteiger partial charge < -0.3 is 9.13 Å². The second kappa shape index (κ2) is 16.6. The van der Waals surface area contributed by atoms with Crippen LogP contribution in [0.4, 0.5) is 0 Å². The maximum absolute atomic E-state index is 5.52. The van der Waals surface area contributed by atoms with E-state index in [-0.39, 0.29) is 0 Å². The predicted molar refractivity (Wildman–Crippen MR) is 313 cm³/mol. The zero-order valence-electron chi connectivity index (χ0n) is 41.0. The number of aromatic nitrogens is 7. The van der Waals surface area contributed by atoms with Crippen molar-refractivity contribution in [3.63, 3.8) is 0 Å². The van der Waals surface area contributed by atoms with Crippen molar-refractivity contribution in [3.8, 4) is 56.9 Å². The largest absolute Gasteiger partial charge is 0.309 e. The van der Waals surface area contributed by atoms with Gasteiger partial charge in [-0.3, -0.25) is 9.13 Å². The van der Waals surface area contributed by atoms with Crippen LogP contribution in [0.1, 0.15) is 0 Å². The van der Waals surface area contributed by atoms with Crippen LogP contribution in [0.25, 0.3) is 144 Å². The Morgan fingerprint density at radius 1 is 0.224 bits per heavy atom. The summed E-state index contributed by atoms with van der Waals surface area (Å²) in [5.74, 6) is 1.67. The number of nitrogens with zero attached hydrogens (tertiary/aromatic N) is 7. The molecular weight excluding hydrogens is 927 g/mol. The monoisotopic (exact) mass is 969 g/mol. The second-order valence-electron chi connectivity index (χ2n) is 19.6. The van der Waals surface area contributed by atoms with Crippen molar-refractivity contribution in [2.75, 3.05) is 0 Å². The zero-order chi connectivity index (χ0) is 49.8. The summed E-state index contributed by atoms with van der Waals surface area (Å²) < 4.78 is 9.19. The van der Waals surface area contributed by atoms with Crippen molar-refractivity contribution in [3.05, 3.63) is 261 Å². The molecule has 5 heterocycles. The molecule has 16 aromatic rings. The van der Waals surface area contributed by atoms with Gasteiger partial charge in [0.1, 0.15) is 0 Å². The van der Waals surface area contributed by atoms with Gasteiger partial charge in [0.05, 0.1) is 44.1 Å². The summed E-state index contributed by atoms with van der Waals surface area (Å²) in [5, 5.41) is 9.36. The van der Waals surface area contributed by atoms with Gasteiger partial charge in [0.2, 0.25) is 11.9 Å². The molecule has 76 heavy (non-hydrogen) atoms. The summed E-state index contributed by atoms with van der Waals surface area (Å²) in [5.41, 5.74) is 16.6. The molecule has 7 heteroatoms. The maximum atomic E-state index is 5.52. The second-order valence-corrected chi connectivity index (χ2v) is 19.6. The lowest BCUT2D eigenvalue weighted by Crippen LogP contribution is -2.10. The van der Waals surface area contributed by atoms with Gasteiger partial charge in [0.25, 0.3) is 0 Å². The Labute approximate surface area is 436 Å². The lowest BCUT2D eigenvalue weighted by molar-refractivity contribution is 0.893. The van der Waals surface area contributed by atoms with E-state index in [2.05, 4.69) is 261 Å². The van der Waals surface area contributed by atoms with Gasteiger partial charge in [-0.05, 0) is 107 Å². The molecule has 16 rings (SSSR count). The molecule has 0 saturated heterocycles. The summed E-state index contributed by atoms with van der Waals surface area (Å²) >= 11 is 0. The van der Waals surface area contributed by atoms with Gasteiger partial charge in [-0.2, -0.15) is 15.0 Å². The summed E-state index contributed by atoms with van der Waals surface area (Å²) in [4.78, 5) is 16.2. The molecule has 0 aliphatic heterocycles.